The topological polar surface area (TPSA) is 20.3 Å². The minimum atomic E-state index is 0.145. The van der Waals surface area contributed by atoms with E-state index in [2.05, 4.69) is 15.9 Å². The first-order valence-corrected chi connectivity index (χ1v) is 11.4. The summed E-state index contributed by atoms with van der Waals surface area (Å²) < 4.78 is 1.87. The first-order valence-electron chi connectivity index (χ1n) is 8.61. The summed E-state index contributed by atoms with van der Waals surface area (Å²) in [4.78, 5) is 17.0. The quantitative estimate of drug-likeness (QED) is 0.445. The highest BCUT2D eigenvalue weighted by Crippen LogP contribution is 2.56. The first-order chi connectivity index (χ1) is 11.6. The number of thiophene rings is 1. The first kappa shape index (κ1) is 16.0. The maximum atomic E-state index is 13.1. The number of hydrogen-bond donors (Lipinski definition) is 0. The van der Waals surface area contributed by atoms with Crippen LogP contribution in [0.5, 0.6) is 0 Å². The van der Waals surface area contributed by atoms with Gasteiger partial charge >= 0.3 is 0 Å². The van der Waals surface area contributed by atoms with Crippen molar-refractivity contribution in [3.63, 3.8) is 0 Å². The summed E-state index contributed by atoms with van der Waals surface area (Å²) in [5, 5.41) is 0. The summed E-state index contributed by atoms with van der Waals surface area (Å²) in [6.45, 7) is 0. The molecule has 0 atom stereocenters. The van der Waals surface area contributed by atoms with E-state index in [-0.39, 0.29) is 5.91 Å². The molecule has 0 unspecified atom stereocenters. The molecule has 5 aliphatic rings. The lowest BCUT2D eigenvalue weighted by molar-refractivity contribution is -0.130. The van der Waals surface area contributed by atoms with E-state index in [0.29, 0.717) is 17.9 Å². The zero-order valence-electron chi connectivity index (χ0n) is 13.1. The van der Waals surface area contributed by atoms with Crippen molar-refractivity contribution in [3.8, 4) is 0 Å². The molecule has 1 aliphatic heterocycles. The van der Waals surface area contributed by atoms with Gasteiger partial charge in [-0.25, -0.2) is 0 Å². The number of halogens is 1. The van der Waals surface area contributed by atoms with Crippen LogP contribution in [0.1, 0.15) is 37.0 Å². The fraction of sp³-hybridized carbons (Fsp3) is 0.556. The van der Waals surface area contributed by atoms with Gasteiger partial charge in [-0.15, -0.1) is 11.3 Å². The number of rotatable bonds is 2. The Morgan fingerprint density at radius 3 is 2.38 bits per heavy atom. The smallest absolute Gasteiger partial charge is 0.266 e. The Kier molecular flexibility index (Phi) is 3.96. The Morgan fingerprint density at radius 1 is 1.12 bits per heavy atom. The van der Waals surface area contributed by atoms with Crippen LogP contribution < -0.4 is 0 Å². The molecule has 4 aliphatic carbocycles. The molecule has 0 spiro atoms. The molecule has 6 heteroatoms. The molecule has 1 amide bonds. The number of thioether (sulfide) groups is 1. The number of nitrogens with zero attached hydrogens (tertiary/aromatic N) is 1. The molecule has 4 saturated carbocycles. The van der Waals surface area contributed by atoms with Crippen LogP contribution >= 0.6 is 51.2 Å². The summed E-state index contributed by atoms with van der Waals surface area (Å²) >= 11 is 12.3. The molecule has 2 nitrogen and oxygen atoms in total. The zero-order valence-corrected chi connectivity index (χ0v) is 17.1. The van der Waals surface area contributed by atoms with Crippen LogP contribution in [0.4, 0.5) is 0 Å². The highest BCUT2D eigenvalue weighted by molar-refractivity contribution is 9.11. The second kappa shape index (κ2) is 5.93. The van der Waals surface area contributed by atoms with Gasteiger partial charge in [0.25, 0.3) is 5.91 Å². The molecular weight excluding hydrogens is 422 g/mol. The predicted octanol–water partition coefficient (Wildman–Crippen LogP) is 5.54. The lowest BCUT2D eigenvalue weighted by Gasteiger charge is -2.56. The van der Waals surface area contributed by atoms with Crippen LogP contribution in [-0.2, 0) is 4.79 Å². The highest BCUT2D eigenvalue weighted by atomic mass is 79.9. The van der Waals surface area contributed by atoms with Crippen molar-refractivity contribution in [2.24, 2.45) is 23.7 Å². The Balaban J connectivity index is 1.43. The van der Waals surface area contributed by atoms with Gasteiger partial charge in [0.1, 0.15) is 4.32 Å². The van der Waals surface area contributed by atoms with E-state index in [4.69, 9.17) is 12.2 Å². The Hall–Kier alpha value is -0.170. The van der Waals surface area contributed by atoms with Crippen molar-refractivity contribution in [2.45, 2.75) is 38.1 Å². The van der Waals surface area contributed by atoms with Crippen molar-refractivity contribution in [1.82, 2.24) is 4.90 Å². The highest BCUT2D eigenvalue weighted by Gasteiger charge is 2.53. The normalized spacial score (nSPS) is 39.5. The average Bonchev–Trinajstić information content (AvgIpc) is 3.04. The second-order valence-corrected chi connectivity index (χ2v) is 11.8. The van der Waals surface area contributed by atoms with Gasteiger partial charge in [-0.05, 0) is 89.9 Å². The predicted molar refractivity (Wildman–Crippen MR) is 108 cm³/mol. The third-order valence-electron chi connectivity index (χ3n) is 6.17. The molecule has 0 aromatic carbocycles. The minimum absolute atomic E-state index is 0.145. The van der Waals surface area contributed by atoms with Crippen molar-refractivity contribution in [2.75, 3.05) is 0 Å². The molecule has 5 fully saturated rings. The molecule has 1 aromatic rings. The number of amides is 1. The van der Waals surface area contributed by atoms with Gasteiger partial charge in [-0.2, -0.15) is 0 Å². The van der Waals surface area contributed by atoms with Gasteiger partial charge in [0.15, 0.2) is 0 Å². The fourth-order valence-corrected chi connectivity index (χ4v) is 8.37. The van der Waals surface area contributed by atoms with E-state index >= 15 is 0 Å². The standard InChI is InChI=1S/C18H18BrNOS3/c19-15-2-1-13(23-15)8-14-17(21)20(18(22)24-14)16-11-4-9-3-10(6-11)7-12(16)5-9/h1-2,8-12,16H,3-7H2. The van der Waals surface area contributed by atoms with Crippen molar-refractivity contribution < 1.29 is 4.79 Å². The molecular formula is C18H18BrNOS3. The van der Waals surface area contributed by atoms with Crippen molar-refractivity contribution >= 4 is 67.6 Å². The summed E-state index contributed by atoms with van der Waals surface area (Å²) in [6.07, 6.45) is 8.69. The molecule has 1 aromatic heterocycles. The molecule has 126 valence electrons. The summed E-state index contributed by atoms with van der Waals surface area (Å²) in [5.74, 6) is 3.34. The second-order valence-electron chi connectivity index (χ2n) is 7.61. The summed E-state index contributed by atoms with van der Waals surface area (Å²) in [6, 6.07) is 4.44. The van der Waals surface area contributed by atoms with Crippen LogP contribution in [0, 0.1) is 23.7 Å². The van der Waals surface area contributed by atoms with E-state index in [1.165, 1.54) is 43.9 Å². The fourth-order valence-electron chi connectivity index (χ4n) is 5.59. The largest absolute Gasteiger partial charge is 0.289 e. The molecule has 2 heterocycles. The molecule has 24 heavy (non-hydrogen) atoms. The van der Waals surface area contributed by atoms with E-state index in [0.717, 1.165) is 29.7 Å². The number of carbonyl (C=O) groups excluding carboxylic acids is 1. The van der Waals surface area contributed by atoms with E-state index in [1.54, 1.807) is 11.3 Å². The van der Waals surface area contributed by atoms with Gasteiger partial charge in [-0.3, -0.25) is 9.69 Å². The van der Waals surface area contributed by atoms with Crippen LogP contribution in [0.3, 0.4) is 0 Å². The SMILES string of the molecule is O=C1C(=Cc2ccc(Br)s2)SC(=S)N1C1C2CC3CC(C2)CC1C3. The van der Waals surface area contributed by atoms with Gasteiger partial charge in [0.05, 0.1) is 8.69 Å². The van der Waals surface area contributed by atoms with E-state index in [1.807, 2.05) is 23.1 Å². The molecule has 4 bridgehead atoms. The number of carbonyl (C=O) groups is 1. The Morgan fingerprint density at radius 2 is 1.79 bits per heavy atom. The molecule has 6 rings (SSSR count). The maximum Gasteiger partial charge on any atom is 0.266 e. The van der Waals surface area contributed by atoms with Crippen LogP contribution in [0.2, 0.25) is 0 Å². The van der Waals surface area contributed by atoms with E-state index < -0.39 is 0 Å². The summed E-state index contributed by atoms with van der Waals surface area (Å²) in [5.41, 5.74) is 0. The lowest BCUT2D eigenvalue weighted by atomic mass is 9.54. The summed E-state index contributed by atoms with van der Waals surface area (Å²) in [7, 11) is 0. The molecule has 0 N–H and O–H groups in total. The lowest BCUT2D eigenvalue weighted by Crippen LogP contribution is -2.57. The monoisotopic (exact) mass is 439 g/mol. The van der Waals surface area contributed by atoms with Crippen LogP contribution in [0.25, 0.3) is 6.08 Å². The van der Waals surface area contributed by atoms with Gasteiger partial charge in [0, 0.05) is 10.9 Å². The van der Waals surface area contributed by atoms with Gasteiger partial charge in [0.2, 0.25) is 0 Å². The van der Waals surface area contributed by atoms with Crippen LogP contribution in [-0.4, -0.2) is 21.2 Å². The third-order valence-corrected chi connectivity index (χ3v) is 9.07. The van der Waals surface area contributed by atoms with Crippen molar-refractivity contribution in [3.05, 3.63) is 25.7 Å². The molecule has 0 radical (unpaired) electrons. The number of thiocarbonyl (C=S) groups is 1. The van der Waals surface area contributed by atoms with Crippen molar-refractivity contribution in [1.29, 1.82) is 0 Å². The maximum absolute atomic E-state index is 13.1. The minimum Gasteiger partial charge on any atom is -0.289 e. The third kappa shape index (κ3) is 2.56. The number of hydrogen-bond acceptors (Lipinski definition) is 4. The Labute approximate surface area is 164 Å². The van der Waals surface area contributed by atoms with Gasteiger partial charge in [-0.1, -0.05) is 24.0 Å². The van der Waals surface area contributed by atoms with E-state index in [9.17, 15) is 4.79 Å². The average molecular weight is 440 g/mol. The zero-order chi connectivity index (χ0) is 16.4. The Bertz CT molecular complexity index is 727. The van der Waals surface area contributed by atoms with Crippen LogP contribution in [0.15, 0.2) is 20.8 Å². The van der Waals surface area contributed by atoms with Gasteiger partial charge < -0.3 is 0 Å². The molecule has 1 saturated heterocycles.